The Morgan fingerprint density at radius 3 is 2.15 bits per heavy atom. The number of methoxy groups -OCH3 is 2. The fourth-order valence-electron chi connectivity index (χ4n) is 2.46. The lowest BCUT2D eigenvalue weighted by Gasteiger charge is -2.11. The van der Waals surface area contributed by atoms with E-state index in [9.17, 15) is 9.59 Å². The number of ketones is 1. The van der Waals surface area contributed by atoms with Crippen LogP contribution in [0.4, 0.5) is 5.69 Å². The van der Waals surface area contributed by atoms with Crippen LogP contribution < -0.4 is 14.8 Å². The summed E-state index contributed by atoms with van der Waals surface area (Å²) >= 11 is 0. The lowest BCUT2D eigenvalue weighted by atomic mass is 10.0. The highest BCUT2D eigenvalue weighted by Gasteiger charge is 2.12. The van der Waals surface area contributed by atoms with Crippen LogP contribution in [0.15, 0.2) is 48.7 Å². The van der Waals surface area contributed by atoms with Gasteiger partial charge in [-0.2, -0.15) is 0 Å². The van der Waals surface area contributed by atoms with E-state index in [2.05, 4.69) is 5.32 Å². The second-order valence-corrected chi connectivity index (χ2v) is 5.63. The monoisotopic (exact) mass is 369 g/mol. The van der Waals surface area contributed by atoms with Crippen molar-refractivity contribution in [3.63, 3.8) is 0 Å². The minimum absolute atomic E-state index is 0.0992. The van der Waals surface area contributed by atoms with Crippen LogP contribution in [-0.2, 0) is 9.53 Å². The number of Topliss-reactive ketones (excluding diaryl/α,β-unsaturated/α-hetero) is 1. The molecule has 0 saturated carbocycles. The number of rotatable bonds is 8. The Morgan fingerprint density at radius 2 is 1.59 bits per heavy atom. The van der Waals surface area contributed by atoms with Crippen LogP contribution in [0, 0.1) is 0 Å². The molecule has 6 heteroatoms. The lowest BCUT2D eigenvalue weighted by Crippen LogP contribution is -2.04. The fourth-order valence-corrected chi connectivity index (χ4v) is 2.46. The molecule has 0 unspecified atom stereocenters. The summed E-state index contributed by atoms with van der Waals surface area (Å²) in [5, 5.41) is 3.08. The number of carbonyl (C=O) groups is 2. The van der Waals surface area contributed by atoms with Gasteiger partial charge in [-0.05, 0) is 55.8 Å². The molecule has 0 bridgehead atoms. The van der Waals surface area contributed by atoms with Crippen molar-refractivity contribution < 1.29 is 23.8 Å². The van der Waals surface area contributed by atoms with Gasteiger partial charge in [0.05, 0.1) is 26.4 Å². The number of hydrogen-bond acceptors (Lipinski definition) is 6. The highest BCUT2D eigenvalue weighted by atomic mass is 16.5. The van der Waals surface area contributed by atoms with E-state index in [0.29, 0.717) is 34.8 Å². The predicted molar refractivity (Wildman–Crippen MR) is 104 cm³/mol. The molecule has 0 heterocycles. The summed E-state index contributed by atoms with van der Waals surface area (Å²) in [6.07, 6.45) is 1.63. The van der Waals surface area contributed by atoms with Crippen LogP contribution in [0.3, 0.4) is 0 Å². The van der Waals surface area contributed by atoms with Gasteiger partial charge in [0, 0.05) is 17.5 Å². The Bertz CT molecular complexity index is 840. The van der Waals surface area contributed by atoms with E-state index in [1.807, 2.05) is 0 Å². The minimum atomic E-state index is -0.366. The zero-order valence-corrected chi connectivity index (χ0v) is 15.9. The molecule has 0 aliphatic rings. The van der Waals surface area contributed by atoms with Gasteiger partial charge in [-0.3, -0.25) is 4.79 Å². The van der Waals surface area contributed by atoms with Crippen molar-refractivity contribution in [3.05, 3.63) is 59.8 Å². The molecule has 142 valence electrons. The molecule has 27 heavy (non-hydrogen) atoms. The van der Waals surface area contributed by atoms with Crippen molar-refractivity contribution in [2.24, 2.45) is 0 Å². The number of allylic oxidation sites excluding steroid dienone is 1. The van der Waals surface area contributed by atoms with Crippen LogP contribution in [0.5, 0.6) is 11.5 Å². The molecular weight excluding hydrogens is 346 g/mol. The van der Waals surface area contributed by atoms with E-state index in [4.69, 9.17) is 14.2 Å². The average Bonchev–Trinajstić information content (AvgIpc) is 2.68. The van der Waals surface area contributed by atoms with Gasteiger partial charge in [0.2, 0.25) is 0 Å². The normalized spacial score (nSPS) is 10.9. The van der Waals surface area contributed by atoms with Gasteiger partial charge >= 0.3 is 5.97 Å². The third-order valence-electron chi connectivity index (χ3n) is 3.85. The van der Waals surface area contributed by atoms with Crippen LogP contribution in [-0.4, -0.2) is 32.6 Å². The summed E-state index contributed by atoms with van der Waals surface area (Å²) < 4.78 is 15.5. The van der Waals surface area contributed by atoms with Crippen LogP contribution in [0.25, 0.3) is 5.57 Å². The molecule has 0 aliphatic carbocycles. The van der Waals surface area contributed by atoms with Gasteiger partial charge in [0.15, 0.2) is 17.3 Å². The summed E-state index contributed by atoms with van der Waals surface area (Å²) in [4.78, 5) is 23.8. The molecule has 2 aromatic rings. The predicted octanol–water partition coefficient (Wildman–Crippen LogP) is 3.92. The highest BCUT2D eigenvalue weighted by Crippen LogP contribution is 2.30. The Kier molecular flexibility index (Phi) is 7.00. The largest absolute Gasteiger partial charge is 0.493 e. The zero-order valence-electron chi connectivity index (χ0n) is 15.9. The van der Waals surface area contributed by atoms with Crippen LogP contribution in [0.1, 0.15) is 29.8 Å². The van der Waals surface area contributed by atoms with Gasteiger partial charge in [-0.25, -0.2) is 4.79 Å². The Morgan fingerprint density at radius 1 is 0.963 bits per heavy atom. The molecule has 2 aromatic carbocycles. The maximum Gasteiger partial charge on any atom is 0.338 e. The van der Waals surface area contributed by atoms with E-state index in [1.54, 1.807) is 69.8 Å². The number of ether oxygens (including phenoxy) is 3. The quantitative estimate of drug-likeness (QED) is 0.561. The van der Waals surface area contributed by atoms with E-state index in [0.717, 1.165) is 5.69 Å². The third kappa shape index (κ3) is 5.10. The smallest absolute Gasteiger partial charge is 0.338 e. The molecule has 6 nitrogen and oxygen atoms in total. The highest BCUT2D eigenvalue weighted by molar-refractivity contribution is 6.19. The van der Waals surface area contributed by atoms with Gasteiger partial charge in [0.1, 0.15) is 0 Å². The van der Waals surface area contributed by atoms with Gasteiger partial charge in [-0.15, -0.1) is 0 Å². The average molecular weight is 369 g/mol. The minimum Gasteiger partial charge on any atom is -0.493 e. The summed E-state index contributed by atoms with van der Waals surface area (Å²) in [7, 11) is 3.10. The van der Waals surface area contributed by atoms with Crippen molar-refractivity contribution in [2.45, 2.75) is 13.8 Å². The first-order chi connectivity index (χ1) is 13.0. The van der Waals surface area contributed by atoms with Crippen LogP contribution >= 0.6 is 0 Å². The second kappa shape index (κ2) is 9.43. The molecule has 0 atom stereocenters. The van der Waals surface area contributed by atoms with E-state index >= 15 is 0 Å². The van der Waals surface area contributed by atoms with Crippen molar-refractivity contribution in [2.75, 3.05) is 26.1 Å². The molecule has 0 spiro atoms. The summed E-state index contributed by atoms with van der Waals surface area (Å²) in [5.74, 6) is 0.666. The van der Waals surface area contributed by atoms with Crippen molar-refractivity contribution in [3.8, 4) is 11.5 Å². The lowest BCUT2D eigenvalue weighted by molar-refractivity contribution is -0.111. The topological polar surface area (TPSA) is 73.9 Å². The number of hydrogen-bond donors (Lipinski definition) is 1. The molecule has 2 rings (SSSR count). The van der Waals surface area contributed by atoms with Crippen molar-refractivity contribution in [1.29, 1.82) is 0 Å². The maximum absolute atomic E-state index is 12.1. The maximum atomic E-state index is 12.1. The molecular formula is C21H23NO5. The first-order valence-electron chi connectivity index (χ1n) is 8.47. The first kappa shape index (κ1) is 20.0. The Hall–Kier alpha value is -3.28. The number of anilines is 1. The summed E-state index contributed by atoms with van der Waals surface area (Å²) in [6.45, 7) is 3.58. The molecule has 0 aromatic heterocycles. The Balaban J connectivity index is 2.23. The number of esters is 1. The van der Waals surface area contributed by atoms with Gasteiger partial charge in [-0.1, -0.05) is 6.07 Å². The molecule has 0 aliphatic heterocycles. The van der Waals surface area contributed by atoms with E-state index < -0.39 is 0 Å². The van der Waals surface area contributed by atoms with Crippen molar-refractivity contribution in [1.82, 2.24) is 0 Å². The van der Waals surface area contributed by atoms with Gasteiger partial charge < -0.3 is 19.5 Å². The second-order valence-electron chi connectivity index (χ2n) is 5.63. The van der Waals surface area contributed by atoms with Crippen LogP contribution in [0.2, 0.25) is 0 Å². The van der Waals surface area contributed by atoms with E-state index in [-0.39, 0.29) is 11.8 Å². The Labute approximate surface area is 158 Å². The number of benzene rings is 2. The molecule has 1 N–H and O–H groups in total. The third-order valence-corrected chi connectivity index (χ3v) is 3.85. The molecule has 0 radical (unpaired) electrons. The molecule has 0 fully saturated rings. The molecule has 0 saturated heterocycles. The molecule has 0 amide bonds. The summed E-state index contributed by atoms with van der Waals surface area (Å²) in [6, 6.07) is 12.1. The van der Waals surface area contributed by atoms with Crippen molar-refractivity contribution >= 4 is 23.0 Å². The zero-order chi connectivity index (χ0) is 19.8. The fraction of sp³-hybridized carbons (Fsp3) is 0.238. The number of nitrogens with one attached hydrogen (secondary N) is 1. The van der Waals surface area contributed by atoms with E-state index in [1.165, 1.54) is 6.92 Å². The first-order valence-corrected chi connectivity index (χ1v) is 8.47. The van der Waals surface area contributed by atoms with Gasteiger partial charge in [0.25, 0.3) is 0 Å². The standard InChI is InChI=1S/C21H23NO5/c1-5-27-21(24)15-6-9-17(10-7-15)22-13-18(14(2)23)16-8-11-19(25-3)20(12-16)26-4/h6-13,22H,5H2,1-4H3/b18-13+. The summed E-state index contributed by atoms with van der Waals surface area (Å²) in [5.41, 5.74) is 2.40. The number of carbonyl (C=O) groups excluding carboxylic acids is 2. The SMILES string of the molecule is CCOC(=O)c1ccc(N/C=C(\C(C)=O)c2ccc(OC)c(OC)c2)cc1.